The van der Waals surface area contributed by atoms with Gasteiger partial charge in [-0.3, -0.25) is 9.59 Å². The fourth-order valence-electron chi connectivity index (χ4n) is 9.42. The minimum Gasteiger partial charge on any atom is -0.348 e. The van der Waals surface area contributed by atoms with E-state index in [1.807, 2.05) is 28.5 Å². The van der Waals surface area contributed by atoms with E-state index in [2.05, 4.69) is 16.0 Å². The lowest BCUT2D eigenvalue weighted by atomic mass is 9.42. The summed E-state index contributed by atoms with van der Waals surface area (Å²) in [7, 11) is 0. The largest absolute Gasteiger partial charge is 0.348 e. The summed E-state index contributed by atoms with van der Waals surface area (Å²) < 4.78 is 34.6. The Morgan fingerprint density at radius 3 is 2.54 bits per heavy atom. The molecule has 0 spiro atoms. The summed E-state index contributed by atoms with van der Waals surface area (Å²) in [5.74, 6) is 1.01. The quantitative estimate of drug-likeness (QED) is 0.244. The average Bonchev–Trinajstić information content (AvgIpc) is 3.94. The third-order valence-electron chi connectivity index (χ3n) is 12.4. The second kappa shape index (κ2) is 9.86. The second-order valence-electron chi connectivity index (χ2n) is 16.1. The summed E-state index contributed by atoms with van der Waals surface area (Å²) in [4.78, 5) is 38.8. The van der Waals surface area contributed by atoms with Crippen molar-refractivity contribution < 1.29 is 18.4 Å². The fraction of sp³-hybridized carbons (Fsp3) is 0.568. The van der Waals surface area contributed by atoms with E-state index in [1.54, 1.807) is 6.07 Å². The van der Waals surface area contributed by atoms with E-state index in [0.29, 0.717) is 60.1 Å². The molecule has 11 rings (SSSR count). The van der Waals surface area contributed by atoms with Crippen LogP contribution in [-0.2, 0) is 11.3 Å². The van der Waals surface area contributed by atoms with Gasteiger partial charge in [-0.25, -0.2) is 18.7 Å². The highest BCUT2D eigenvalue weighted by molar-refractivity contribution is 5.98. The van der Waals surface area contributed by atoms with E-state index in [1.165, 1.54) is 6.07 Å². The predicted octanol–water partition coefficient (Wildman–Crippen LogP) is 5.96. The maximum Gasteiger partial charge on any atom is 0.254 e. The molecular formula is C37H41F2N7O2. The molecule has 3 N–H and O–H groups in total. The summed E-state index contributed by atoms with van der Waals surface area (Å²) in [6, 6.07) is 9.16. The van der Waals surface area contributed by atoms with Crippen molar-refractivity contribution in [3.63, 3.8) is 0 Å². The highest BCUT2D eigenvalue weighted by atomic mass is 19.1. The molecule has 1 saturated heterocycles. The third-order valence-corrected chi connectivity index (χ3v) is 12.4. The van der Waals surface area contributed by atoms with Gasteiger partial charge in [-0.1, -0.05) is 0 Å². The van der Waals surface area contributed by atoms with Gasteiger partial charge >= 0.3 is 0 Å². The van der Waals surface area contributed by atoms with Crippen molar-refractivity contribution in [2.75, 3.05) is 6.54 Å². The van der Waals surface area contributed by atoms with E-state index in [0.717, 1.165) is 73.9 Å². The molecule has 0 radical (unpaired) electrons. The molecule has 4 bridgehead atoms. The lowest BCUT2D eigenvalue weighted by Gasteiger charge is -2.64. The number of rotatable bonds is 8. The number of carbonyl (C=O) groups excluding carboxylic acids is 2. The van der Waals surface area contributed by atoms with Gasteiger partial charge in [0.25, 0.3) is 5.91 Å². The van der Waals surface area contributed by atoms with Crippen LogP contribution in [0.2, 0.25) is 0 Å². The van der Waals surface area contributed by atoms with Crippen LogP contribution in [0.15, 0.2) is 30.3 Å². The van der Waals surface area contributed by atoms with Gasteiger partial charge in [0, 0.05) is 42.2 Å². The number of imidazole rings is 1. The molecule has 4 heterocycles. The van der Waals surface area contributed by atoms with Gasteiger partial charge in [0.1, 0.15) is 22.6 Å². The summed E-state index contributed by atoms with van der Waals surface area (Å²) in [5, 5.41) is 4.05. The first-order valence-corrected chi connectivity index (χ1v) is 17.9. The highest BCUT2D eigenvalue weighted by Gasteiger charge is 2.72. The van der Waals surface area contributed by atoms with E-state index in [-0.39, 0.29) is 36.0 Å². The Morgan fingerprint density at radius 2 is 1.81 bits per heavy atom. The van der Waals surface area contributed by atoms with E-state index < -0.39 is 16.9 Å². The smallest absolute Gasteiger partial charge is 0.254 e. The Morgan fingerprint density at radius 1 is 1.04 bits per heavy atom. The van der Waals surface area contributed by atoms with Crippen LogP contribution < -0.4 is 11.1 Å². The molecule has 3 aromatic heterocycles. The molecular weight excluding hydrogens is 612 g/mol. The third kappa shape index (κ3) is 4.34. The lowest BCUT2D eigenvalue weighted by Crippen LogP contribution is -2.70. The zero-order valence-electron chi connectivity index (χ0n) is 27.2. The minimum absolute atomic E-state index is 0.0411. The summed E-state index contributed by atoms with van der Waals surface area (Å²) in [6.07, 6.45) is 8.06. The molecule has 1 aliphatic heterocycles. The van der Waals surface area contributed by atoms with Crippen molar-refractivity contribution in [2.45, 2.75) is 108 Å². The van der Waals surface area contributed by atoms with Gasteiger partial charge in [0.05, 0.1) is 28.4 Å². The van der Waals surface area contributed by atoms with Crippen molar-refractivity contribution in [3.8, 4) is 11.5 Å². The Kier molecular flexibility index (Phi) is 5.98. The molecule has 250 valence electrons. The molecule has 6 saturated carbocycles. The first-order chi connectivity index (χ1) is 23.1. The van der Waals surface area contributed by atoms with Crippen molar-refractivity contribution in [1.82, 2.24) is 29.3 Å². The lowest BCUT2D eigenvalue weighted by molar-refractivity contribution is -0.214. The van der Waals surface area contributed by atoms with Crippen LogP contribution in [0.4, 0.5) is 8.78 Å². The summed E-state index contributed by atoms with van der Waals surface area (Å²) in [6.45, 7) is 3.21. The van der Waals surface area contributed by atoms with Crippen molar-refractivity contribution in [3.05, 3.63) is 47.4 Å². The first kappa shape index (κ1) is 29.1. The average molecular weight is 654 g/mol. The number of hydrogen-bond donors (Lipinski definition) is 2. The molecule has 11 heteroatoms. The van der Waals surface area contributed by atoms with Crippen LogP contribution in [0, 0.1) is 23.1 Å². The summed E-state index contributed by atoms with van der Waals surface area (Å²) in [5.41, 5.74) is 8.43. The Balaban J connectivity index is 1.03. The Bertz CT molecular complexity index is 2020. The van der Waals surface area contributed by atoms with Gasteiger partial charge in [-0.15, -0.1) is 0 Å². The maximum atomic E-state index is 16.2. The molecule has 2 amide bonds. The molecule has 0 unspecified atom stereocenters. The van der Waals surface area contributed by atoms with E-state index in [4.69, 9.17) is 15.7 Å². The number of fused-ring (bicyclic) bond motifs is 4. The van der Waals surface area contributed by atoms with Crippen molar-refractivity contribution in [1.29, 1.82) is 0 Å². The number of nitrogens with two attached hydrogens (primary N) is 1. The monoisotopic (exact) mass is 653 g/mol. The number of amides is 2. The number of hydrogen-bond acceptors (Lipinski definition) is 5. The molecule has 9 nitrogen and oxygen atoms in total. The van der Waals surface area contributed by atoms with Crippen LogP contribution >= 0.6 is 0 Å². The predicted molar refractivity (Wildman–Crippen MR) is 176 cm³/mol. The Hall–Kier alpha value is -3.86. The number of aromatic nitrogens is 4. The number of nitrogens with one attached hydrogen (secondary N) is 1. The number of piperidine rings is 1. The highest BCUT2D eigenvalue weighted by Crippen LogP contribution is 2.69. The second-order valence-corrected chi connectivity index (χ2v) is 16.1. The van der Waals surface area contributed by atoms with Gasteiger partial charge in [-0.05, 0) is 113 Å². The number of benzene rings is 1. The zero-order valence-corrected chi connectivity index (χ0v) is 27.2. The van der Waals surface area contributed by atoms with Gasteiger partial charge < -0.3 is 25.1 Å². The zero-order chi connectivity index (χ0) is 32.7. The number of alkyl halides is 1. The fourth-order valence-corrected chi connectivity index (χ4v) is 9.42. The van der Waals surface area contributed by atoms with Crippen LogP contribution in [0.3, 0.4) is 0 Å². The van der Waals surface area contributed by atoms with Gasteiger partial charge in [-0.2, -0.15) is 0 Å². The molecule has 1 aromatic carbocycles. The standard InChI is InChI=1S/C37H41F2N7O2/c1-19(41-35(48)36-16-37(39,17-36)18-36)28-9-5-22-13-30(45(32(22)42-28)14-20-2-3-20)33-43-29-12-23(11-26(38)31(29)46(33)24-7-8-24)34(47)44-15-27(40)21-4-6-25(44)10-21/h5,9,11-13,19-21,24-25,27H,2-4,6-8,10,14-18,40H2,1H3,(H,41,48)/t19-,21-,25+,27+,36?,37?/m1/s1. The Labute approximate surface area is 277 Å². The van der Waals surface area contributed by atoms with Crippen molar-refractivity contribution in [2.24, 2.45) is 23.0 Å². The number of halogens is 2. The number of likely N-dealkylation sites (tertiary alicyclic amines) is 1. The summed E-state index contributed by atoms with van der Waals surface area (Å²) >= 11 is 0. The van der Waals surface area contributed by atoms with Crippen LogP contribution in [-0.4, -0.2) is 60.1 Å². The minimum atomic E-state index is -1.13. The van der Waals surface area contributed by atoms with Crippen LogP contribution in [0.25, 0.3) is 33.6 Å². The van der Waals surface area contributed by atoms with Crippen LogP contribution in [0.1, 0.15) is 99.3 Å². The topological polar surface area (TPSA) is 111 Å². The molecule has 48 heavy (non-hydrogen) atoms. The number of carbonyl (C=O) groups is 2. The van der Waals surface area contributed by atoms with Crippen LogP contribution in [0.5, 0.6) is 0 Å². The molecule has 4 aromatic rings. The molecule has 4 atom stereocenters. The SMILES string of the molecule is C[C@@H](NC(=O)C12CC(F)(C1)C2)c1ccc2cc(-c3nc4cc(C(=O)N5C[C@H](N)[C@@H]6CC[C@H]5C6)cc(F)c4n3C3CC3)n(CC3CC3)c2n1. The van der Waals surface area contributed by atoms with Crippen molar-refractivity contribution >= 4 is 33.9 Å². The van der Waals surface area contributed by atoms with E-state index >= 15 is 4.39 Å². The van der Waals surface area contributed by atoms with Gasteiger partial charge in [0.15, 0.2) is 5.82 Å². The number of nitrogens with zero attached hydrogens (tertiary/aromatic N) is 5. The molecule has 7 aliphatic rings. The molecule has 6 aliphatic carbocycles. The first-order valence-electron chi connectivity index (χ1n) is 17.9. The van der Waals surface area contributed by atoms with Gasteiger partial charge in [0.2, 0.25) is 5.91 Å². The number of pyridine rings is 1. The van der Waals surface area contributed by atoms with E-state index in [9.17, 15) is 14.0 Å². The maximum absolute atomic E-state index is 16.2. The normalized spacial score (nSPS) is 31.2. The molecule has 7 fully saturated rings.